The molecule has 0 aliphatic heterocycles. The average Bonchev–Trinajstić information content (AvgIpc) is 2.81. The summed E-state index contributed by atoms with van der Waals surface area (Å²) in [7, 11) is 0. The maximum Gasteiger partial charge on any atom is 0.337 e. The fraction of sp³-hybridized carbons (Fsp3) is 0.0909. The van der Waals surface area contributed by atoms with Crippen molar-refractivity contribution < 1.29 is 14.7 Å². The minimum atomic E-state index is -1.11. The summed E-state index contributed by atoms with van der Waals surface area (Å²) in [6.07, 6.45) is 2.71. The molecule has 1 heterocycles. The first-order valence-corrected chi connectivity index (χ1v) is 4.83. The van der Waals surface area contributed by atoms with E-state index in [2.05, 4.69) is 10.1 Å². The molecule has 2 rings (SSSR count). The Morgan fingerprint density at radius 3 is 2.65 bits per heavy atom. The summed E-state index contributed by atoms with van der Waals surface area (Å²) >= 11 is 0. The highest BCUT2D eigenvalue weighted by atomic mass is 16.4. The summed E-state index contributed by atoms with van der Waals surface area (Å²) in [5.41, 5.74) is 0.745. The smallest absolute Gasteiger partial charge is 0.337 e. The number of aromatic nitrogens is 3. The number of rotatable bonds is 3. The predicted octanol–water partition coefficient (Wildman–Crippen LogP) is 1.17. The molecule has 0 radical (unpaired) electrons. The molecule has 0 bridgehead atoms. The van der Waals surface area contributed by atoms with Gasteiger partial charge in [-0.15, -0.1) is 0 Å². The fourth-order valence-electron chi connectivity index (χ4n) is 1.46. The molecular formula is C11H9N3O3. The summed E-state index contributed by atoms with van der Waals surface area (Å²) < 4.78 is 1.34. The van der Waals surface area contributed by atoms with Crippen LogP contribution in [-0.2, 0) is 0 Å². The Kier molecular flexibility index (Phi) is 2.70. The van der Waals surface area contributed by atoms with Crippen molar-refractivity contribution in [2.24, 2.45) is 0 Å². The van der Waals surface area contributed by atoms with Gasteiger partial charge in [-0.3, -0.25) is 4.79 Å². The van der Waals surface area contributed by atoms with Gasteiger partial charge in [0.1, 0.15) is 12.7 Å². The molecule has 86 valence electrons. The van der Waals surface area contributed by atoms with Crippen molar-refractivity contribution in [3.8, 4) is 5.69 Å². The van der Waals surface area contributed by atoms with Gasteiger partial charge in [-0.25, -0.2) is 14.5 Å². The van der Waals surface area contributed by atoms with Crippen LogP contribution in [0.25, 0.3) is 5.69 Å². The first-order chi connectivity index (χ1) is 8.09. The van der Waals surface area contributed by atoms with Gasteiger partial charge in [0.15, 0.2) is 5.78 Å². The Morgan fingerprint density at radius 2 is 2.12 bits per heavy atom. The molecule has 6 heteroatoms. The molecule has 0 aliphatic carbocycles. The van der Waals surface area contributed by atoms with Crippen LogP contribution in [0.3, 0.4) is 0 Å². The van der Waals surface area contributed by atoms with Crippen LogP contribution >= 0.6 is 0 Å². The van der Waals surface area contributed by atoms with Gasteiger partial charge in [-0.05, 0) is 25.1 Å². The van der Waals surface area contributed by atoms with E-state index >= 15 is 0 Å². The molecule has 6 nitrogen and oxygen atoms in total. The topological polar surface area (TPSA) is 85.1 Å². The Morgan fingerprint density at radius 1 is 1.35 bits per heavy atom. The van der Waals surface area contributed by atoms with Crippen LogP contribution in [0.4, 0.5) is 0 Å². The molecule has 0 fully saturated rings. The number of Topliss-reactive ketones (excluding diaryl/α,β-unsaturated/α-hetero) is 1. The largest absolute Gasteiger partial charge is 0.478 e. The average molecular weight is 231 g/mol. The van der Waals surface area contributed by atoms with Gasteiger partial charge < -0.3 is 5.11 Å². The van der Waals surface area contributed by atoms with Gasteiger partial charge >= 0.3 is 5.97 Å². The van der Waals surface area contributed by atoms with E-state index in [9.17, 15) is 9.59 Å². The maximum absolute atomic E-state index is 11.2. The number of ketones is 1. The summed E-state index contributed by atoms with van der Waals surface area (Å²) in [4.78, 5) is 26.1. The first-order valence-electron chi connectivity index (χ1n) is 4.83. The van der Waals surface area contributed by atoms with E-state index in [4.69, 9.17) is 5.11 Å². The lowest BCUT2D eigenvalue weighted by Gasteiger charge is -2.06. The molecule has 0 spiro atoms. The minimum Gasteiger partial charge on any atom is -0.478 e. The van der Waals surface area contributed by atoms with E-state index in [0.717, 1.165) is 0 Å². The Balaban J connectivity index is 2.61. The van der Waals surface area contributed by atoms with Crippen molar-refractivity contribution in [1.82, 2.24) is 14.8 Å². The Bertz CT molecular complexity index is 576. The van der Waals surface area contributed by atoms with Crippen LogP contribution in [-0.4, -0.2) is 31.6 Å². The van der Waals surface area contributed by atoms with Crippen molar-refractivity contribution in [1.29, 1.82) is 0 Å². The van der Waals surface area contributed by atoms with Crippen LogP contribution in [0.2, 0.25) is 0 Å². The second-order valence-electron chi connectivity index (χ2n) is 3.43. The number of carbonyl (C=O) groups excluding carboxylic acids is 1. The van der Waals surface area contributed by atoms with Crippen LogP contribution in [0.5, 0.6) is 0 Å². The number of hydrogen-bond acceptors (Lipinski definition) is 4. The van der Waals surface area contributed by atoms with E-state index in [0.29, 0.717) is 11.3 Å². The molecule has 2 aromatic rings. The van der Waals surface area contributed by atoms with E-state index in [1.165, 1.54) is 36.4 Å². The highest BCUT2D eigenvalue weighted by Gasteiger charge is 2.14. The number of hydrogen-bond donors (Lipinski definition) is 1. The number of aromatic carboxylic acids is 1. The molecule has 1 aromatic carbocycles. The minimum absolute atomic E-state index is 0.0169. The molecule has 1 aromatic heterocycles. The van der Waals surface area contributed by atoms with E-state index < -0.39 is 5.97 Å². The molecule has 0 saturated carbocycles. The van der Waals surface area contributed by atoms with E-state index in [1.54, 1.807) is 6.07 Å². The van der Waals surface area contributed by atoms with E-state index in [-0.39, 0.29) is 11.3 Å². The zero-order valence-corrected chi connectivity index (χ0v) is 8.99. The Labute approximate surface area is 96.5 Å². The van der Waals surface area contributed by atoms with Gasteiger partial charge in [0, 0.05) is 5.56 Å². The molecule has 0 unspecified atom stereocenters. The lowest BCUT2D eigenvalue weighted by molar-refractivity contribution is 0.0696. The third-order valence-electron chi connectivity index (χ3n) is 2.30. The number of nitrogens with zero attached hydrogens (tertiary/aromatic N) is 3. The lowest BCUT2D eigenvalue weighted by Crippen LogP contribution is -2.08. The lowest BCUT2D eigenvalue weighted by atomic mass is 10.1. The first kappa shape index (κ1) is 11.0. The van der Waals surface area contributed by atoms with Gasteiger partial charge in [0.05, 0.1) is 11.3 Å². The van der Waals surface area contributed by atoms with Crippen molar-refractivity contribution in [3.05, 3.63) is 42.0 Å². The van der Waals surface area contributed by atoms with Gasteiger partial charge in [-0.1, -0.05) is 0 Å². The third-order valence-corrected chi connectivity index (χ3v) is 2.30. The maximum atomic E-state index is 11.2. The standard InChI is InChI=1S/C11H9N3O3/c1-7(15)8-2-3-10(9(4-8)11(16)17)14-6-12-5-13-14/h2-6H,1H3,(H,16,17). The zero-order valence-electron chi connectivity index (χ0n) is 8.99. The third kappa shape index (κ3) is 2.05. The molecule has 0 saturated heterocycles. The van der Waals surface area contributed by atoms with Crippen molar-refractivity contribution in [2.45, 2.75) is 6.92 Å². The quantitative estimate of drug-likeness (QED) is 0.801. The highest BCUT2D eigenvalue weighted by Crippen LogP contribution is 2.16. The normalized spacial score (nSPS) is 10.2. The molecule has 0 atom stereocenters. The highest BCUT2D eigenvalue weighted by molar-refractivity contribution is 5.99. The fourth-order valence-corrected chi connectivity index (χ4v) is 1.46. The van der Waals surface area contributed by atoms with Crippen LogP contribution < -0.4 is 0 Å². The number of carboxylic acid groups (broad SMARTS) is 1. The summed E-state index contributed by atoms with van der Waals surface area (Å²) in [6, 6.07) is 4.43. The molecule has 1 N–H and O–H groups in total. The summed E-state index contributed by atoms with van der Waals surface area (Å²) in [6.45, 7) is 1.39. The monoisotopic (exact) mass is 231 g/mol. The molecule has 17 heavy (non-hydrogen) atoms. The Hall–Kier alpha value is -2.50. The molecular weight excluding hydrogens is 222 g/mol. The van der Waals surface area contributed by atoms with Gasteiger partial charge in [-0.2, -0.15) is 5.10 Å². The van der Waals surface area contributed by atoms with E-state index in [1.807, 2.05) is 0 Å². The molecule has 0 amide bonds. The summed E-state index contributed by atoms with van der Waals surface area (Å²) in [5, 5.41) is 13.0. The zero-order chi connectivity index (χ0) is 12.4. The van der Waals surface area contributed by atoms with Crippen LogP contribution in [0.1, 0.15) is 27.6 Å². The second kappa shape index (κ2) is 4.17. The predicted molar refractivity (Wildman–Crippen MR) is 58.3 cm³/mol. The SMILES string of the molecule is CC(=O)c1ccc(-n2cncn2)c(C(=O)O)c1. The van der Waals surface area contributed by atoms with Gasteiger partial charge in [0.25, 0.3) is 0 Å². The second-order valence-corrected chi connectivity index (χ2v) is 3.43. The van der Waals surface area contributed by atoms with Crippen LogP contribution in [0.15, 0.2) is 30.9 Å². The number of benzene rings is 1. The summed E-state index contributed by atoms with van der Waals surface area (Å²) in [5.74, 6) is -1.30. The van der Waals surface area contributed by atoms with Crippen molar-refractivity contribution in [3.63, 3.8) is 0 Å². The number of carboxylic acids is 1. The van der Waals surface area contributed by atoms with Gasteiger partial charge in [0.2, 0.25) is 0 Å². The number of carbonyl (C=O) groups is 2. The van der Waals surface area contributed by atoms with Crippen molar-refractivity contribution >= 4 is 11.8 Å². The molecule has 0 aliphatic rings. The van der Waals surface area contributed by atoms with Crippen LogP contribution in [0, 0.1) is 0 Å². The van der Waals surface area contributed by atoms with Crippen molar-refractivity contribution in [2.75, 3.05) is 0 Å².